The van der Waals surface area contributed by atoms with Gasteiger partial charge in [0.05, 0.1) is 24.2 Å². The number of fused-ring (bicyclic) bond motifs is 1. The summed E-state index contributed by atoms with van der Waals surface area (Å²) in [5.74, 6) is -0.0618. The van der Waals surface area contributed by atoms with Gasteiger partial charge in [0, 0.05) is 69.0 Å². The Morgan fingerprint density at radius 2 is 1.85 bits per heavy atom. The van der Waals surface area contributed by atoms with Crippen molar-refractivity contribution in [3.63, 3.8) is 0 Å². The molecular formula is C24H30N4O6. The summed E-state index contributed by atoms with van der Waals surface area (Å²) in [6, 6.07) is 5.16. The van der Waals surface area contributed by atoms with E-state index in [1.54, 1.807) is 35.5 Å². The number of benzene rings is 1. The van der Waals surface area contributed by atoms with Gasteiger partial charge in [-0.05, 0) is 25.0 Å². The second kappa shape index (κ2) is 10.4. The van der Waals surface area contributed by atoms with Crippen LogP contribution < -0.4 is 0 Å². The van der Waals surface area contributed by atoms with E-state index in [2.05, 4.69) is 9.88 Å². The molecule has 2 aromatic rings. The van der Waals surface area contributed by atoms with E-state index in [1.165, 1.54) is 0 Å². The lowest BCUT2D eigenvalue weighted by Crippen LogP contribution is -2.43. The summed E-state index contributed by atoms with van der Waals surface area (Å²) in [6.07, 6.45) is 4.73. The number of aromatic hydroxyl groups is 1. The van der Waals surface area contributed by atoms with Gasteiger partial charge >= 0.3 is 0 Å². The van der Waals surface area contributed by atoms with Crippen molar-refractivity contribution >= 4 is 29.1 Å². The second-order valence-electron chi connectivity index (χ2n) is 8.92. The third-order valence-corrected chi connectivity index (χ3v) is 7.05. The standard InChI is InChI=1S/C23H28N4O4.CH2O2/c28-20-18-3-6-24-15-17(18)1-2-19(20)21(29)27-8-5-23(16-27)4-7-26(22(23)30)10-9-25-11-13-31-14-12-25;2-1-3/h1-3,6,15,28H,4-5,7-14,16H2;1H,(H,2,3). The van der Waals surface area contributed by atoms with E-state index < -0.39 is 5.41 Å². The zero-order valence-electron chi connectivity index (χ0n) is 19.1. The Balaban J connectivity index is 0.000000868. The maximum Gasteiger partial charge on any atom is 0.290 e. The number of amides is 2. The average Bonchev–Trinajstić information content (AvgIpc) is 3.43. The number of carboxylic acid groups (broad SMARTS) is 1. The van der Waals surface area contributed by atoms with Crippen LogP contribution in [0.4, 0.5) is 0 Å². The fourth-order valence-electron chi connectivity index (χ4n) is 5.11. The van der Waals surface area contributed by atoms with E-state index in [4.69, 9.17) is 14.6 Å². The van der Waals surface area contributed by atoms with Gasteiger partial charge in [-0.2, -0.15) is 0 Å². The minimum absolute atomic E-state index is 0.0178. The Bertz CT molecular complexity index is 1060. The maximum absolute atomic E-state index is 13.2. The highest BCUT2D eigenvalue weighted by Crippen LogP contribution is 2.41. The molecule has 10 nitrogen and oxygen atoms in total. The summed E-state index contributed by atoms with van der Waals surface area (Å²) in [6.45, 7) is 6.41. The number of pyridine rings is 1. The SMILES string of the molecule is O=C(c1ccc2cnccc2c1O)N1CCC2(CCN(CCN3CCOCC3)C2=O)C1.O=CO. The molecule has 4 heterocycles. The summed E-state index contributed by atoms with van der Waals surface area (Å²) in [7, 11) is 0. The molecule has 1 aromatic carbocycles. The quantitative estimate of drug-likeness (QED) is 0.636. The summed E-state index contributed by atoms with van der Waals surface area (Å²) in [5.41, 5.74) is -0.192. The van der Waals surface area contributed by atoms with Crippen LogP contribution in [-0.4, -0.2) is 107 Å². The predicted octanol–water partition coefficient (Wildman–Crippen LogP) is 1.04. The van der Waals surface area contributed by atoms with E-state index in [0.717, 1.165) is 57.7 Å². The van der Waals surface area contributed by atoms with Crippen molar-refractivity contribution < 1.29 is 29.3 Å². The monoisotopic (exact) mass is 470 g/mol. The normalized spacial score (nSPS) is 22.8. The van der Waals surface area contributed by atoms with Crippen LogP contribution in [-0.2, 0) is 14.3 Å². The molecule has 10 heteroatoms. The van der Waals surface area contributed by atoms with E-state index in [-0.39, 0.29) is 29.6 Å². The van der Waals surface area contributed by atoms with Crippen molar-refractivity contribution in [2.45, 2.75) is 12.8 Å². The van der Waals surface area contributed by atoms with Crippen LogP contribution in [0.2, 0.25) is 0 Å². The van der Waals surface area contributed by atoms with E-state index in [1.807, 2.05) is 4.90 Å². The van der Waals surface area contributed by atoms with Gasteiger partial charge < -0.3 is 24.7 Å². The maximum atomic E-state index is 13.2. The first-order valence-corrected chi connectivity index (χ1v) is 11.5. The number of phenolic OH excluding ortho intramolecular Hbond substituents is 1. The number of nitrogens with zero attached hydrogens (tertiary/aromatic N) is 4. The van der Waals surface area contributed by atoms with E-state index >= 15 is 0 Å². The van der Waals surface area contributed by atoms with Gasteiger partial charge in [-0.25, -0.2) is 0 Å². The van der Waals surface area contributed by atoms with Crippen molar-refractivity contribution in [3.05, 3.63) is 36.2 Å². The molecule has 2 N–H and O–H groups in total. The number of carbonyl (C=O) groups is 3. The van der Waals surface area contributed by atoms with Gasteiger partial charge in [-0.3, -0.25) is 24.3 Å². The lowest BCUT2D eigenvalue weighted by molar-refractivity contribution is -0.135. The first-order chi connectivity index (χ1) is 16.5. The molecular weight excluding hydrogens is 440 g/mol. The van der Waals surface area contributed by atoms with Gasteiger partial charge in [0.1, 0.15) is 5.75 Å². The highest BCUT2D eigenvalue weighted by atomic mass is 16.5. The number of phenols is 1. The Morgan fingerprint density at radius 3 is 2.62 bits per heavy atom. The molecule has 1 unspecified atom stereocenters. The van der Waals surface area contributed by atoms with Crippen molar-refractivity contribution in [1.82, 2.24) is 19.7 Å². The molecule has 1 spiro atoms. The fraction of sp³-hybridized carbons (Fsp3) is 0.500. The van der Waals surface area contributed by atoms with Gasteiger partial charge in [0.25, 0.3) is 12.4 Å². The van der Waals surface area contributed by atoms with Crippen LogP contribution in [0.1, 0.15) is 23.2 Å². The zero-order chi connectivity index (χ0) is 24.1. The Labute approximate surface area is 197 Å². The topological polar surface area (TPSA) is 124 Å². The third kappa shape index (κ3) is 4.69. The van der Waals surface area contributed by atoms with Crippen molar-refractivity contribution in [1.29, 1.82) is 0 Å². The van der Waals surface area contributed by atoms with Gasteiger partial charge in [-0.15, -0.1) is 0 Å². The van der Waals surface area contributed by atoms with E-state index in [0.29, 0.717) is 24.9 Å². The van der Waals surface area contributed by atoms with Crippen LogP contribution in [0.15, 0.2) is 30.6 Å². The number of hydrogen-bond acceptors (Lipinski definition) is 7. The first kappa shape index (κ1) is 23.9. The lowest BCUT2D eigenvalue weighted by atomic mass is 9.85. The molecule has 3 saturated heterocycles. The third-order valence-electron chi connectivity index (χ3n) is 7.05. The number of morpholine rings is 1. The molecule has 0 aliphatic carbocycles. The minimum Gasteiger partial charge on any atom is -0.506 e. The van der Waals surface area contributed by atoms with Gasteiger partial charge in [0.15, 0.2) is 0 Å². The largest absolute Gasteiger partial charge is 0.506 e. The van der Waals surface area contributed by atoms with Gasteiger partial charge in [0.2, 0.25) is 5.91 Å². The van der Waals surface area contributed by atoms with Crippen LogP contribution in [0.3, 0.4) is 0 Å². The zero-order valence-corrected chi connectivity index (χ0v) is 19.1. The average molecular weight is 471 g/mol. The number of ether oxygens (including phenoxy) is 1. The molecule has 1 aromatic heterocycles. The molecule has 5 rings (SSSR count). The van der Waals surface area contributed by atoms with Crippen LogP contribution in [0, 0.1) is 5.41 Å². The number of hydrogen-bond donors (Lipinski definition) is 2. The summed E-state index contributed by atoms with van der Waals surface area (Å²) in [5, 5.41) is 19.0. The van der Waals surface area contributed by atoms with E-state index in [9.17, 15) is 14.7 Å². The Hall–Kier alpha value is -3.24. The van der Waals surface area contributed by atoms with Gasteiger partial charge in [-0.1, -0.05) is 6.07 Å². The lowest BCUT2D eigenvalue weighted by Gasteiger charge is -2.29. The van der Waals surface area contributed by atoms with Crippen LogP contribution in [0.5, 0.6) is 5.75 Å². The molecule has 3 aliphatic rings. The van der Waals surface area contributed by atoms with Crippen molar-refractivity contribution in [2.24, 2.45) is 5.41 Å². The first-order valence-electron chi connectivity index (χ1n) is 11.5. The summed E-state index contributed by atoms with van der Waals surface area (Å²) < 4.78 is 5.39. The van der Waals surface area contributed by atoms with Crippen molar-refractivity contribution in [2.75, 3.05) is 59.0 Å². The highest BCUT2D eigenvalue weighted by Gasteiger charge is 2.51. The molecule has 3 aliphatic heterocycles. The molecule has 0 radical (unpaired) electrons. The molecule has 34 heavy (non-hydrogen) atoms. The van der Waals surface area contributed by atoms with Crippen molar-refractivity contribution in [3.8, 4) is 5.75 Å². The highest BCUT2D eigenvalue weighted by molar-refractivity contribution is 6.03. The minimum atomic E-state index is -0.475. The molecule has 2 amide bonds. The molecule has 1 atom stereocenters. The molecule has 3 fully saturated rings. The summed E-state index contributed by atoms with van der Waals surface area (Å²) >= 11 is 0. The molecule has 0 bridgehead atoms. The predicted molar refractivity (Wildman–Crippen MR) is 124 cm³/mol. The molecule has 182 valence electrons. The Kier molecular flexibility index (Phi) is 7.28. The molecule has 0 saturated carbocycles. The number of likely N-dealkylation sites (tertiary alicyclic amines) is 2. The van der Waals surface area contributed by atoms with Crippen LogP contribution in [0.25, 0.3) is 10.8 Å². The smallest absolute Gasteiger partial charge is 0.290 e. The number of rotatable bonds is 4. The second-order valence-corrected chi connectivity index (χ2v) is 8.92. The number of carbonyl (C=O) groups excluding carboxylic acids is 2. The van der Waals surface area contributed by atoms with Crippen LogP contribution >= 0.6 is 0 Å². The number of aromatic nitrogens is 1. The Morgan fingerprint density at radius 1 is 1.12 bits per heavy atom. The summed E-state index contributed by atoms with van der Waals surface area (Å²) in [4.78, 5) is 44.9. The fourth-order valence-corrected chi connectivity index (χ4v) is 5.11.